The van der Waals surface area contributed by atoms with E-state index in [1.807, 2.05) is 74.7 Å². The Morgan fingerprint density at radius 1 is 1.06 bits per heavy atom. The summed E-state index contributed by atoms with van der Waals surface area (Å²) in [4.78, 5) is 14.2. The van der Waals surface area contributed by atoms with E-state index in [2.05, 4.69) is 5.32 Å². The van der Waals surface area contributed by atoms with E-state index in [1.54, 1.807) is 30.0 Å². The van der Waals surface area contributed by atoms with Crippen LogP contribution in [-0.4, -0.2) is 38.5 Å². The van der Waals surface area contributed by atoms with E-state index in [9.17, 15) is 13.2 Å². The highest BCUT2D eigenvalue weighted by Crippen LogP contribution is 2.29. The molecule has 34 heavy (non-hydrogen) atoms. The van der Waals surface area contributed by atoms with Crippen molar-refractivity contribution < 1.29 is 17.9 Å². The average molecular weight is 499 g/mol. The van der Waals surface area contributed by atoms with Crippen LogP contribution in [0.2, 0.25) is 0 Å². The molecular formula is C26H30N2O4S2. The van der Waals surface area contributed by atoms with Gasteiger partial charge in [0.1, 0.15) is 10.6 Å². The van der Waals surface area contributed by atoms with Gasteiger partial charge in [-0.3, -0.25) is 4.79 Å². The van der Waals surface area contributed by atoms with Gasteiger partial charge in [0.2, 0.25) is 15.9 Å². The predicted octanol–water partition coefficient (Wildman–Crippen LogP) is 4.79. The number of thioether (sulfide) groups is 1. The lowest BCUT2D eigenvalue weighted by molar-refractivity contribution is -0.122. The first kappa shape index (κ1) is 25.8. The molecule has 8 heteroatoms. The number of hydrogen-bond donors (Lipinski definition) is 1. The van der Waals surface area contributed by atoms with Crippen molar-refractivity contribution in [3.63, 3.8) is 0 Å². The number of benzene rings is 3. The van der Waals surface area contributed by atoms with Crippen LogP contribution in [0.15, 0.2) is 82.6 Å². The molecule has 3 aromatic rings. The average Bonchev–Trinajstić information content (AvgIpc) is 2.84. The maximum Gasteiger partial charge on any atom is 0.247 e. The molecule has 1 atom stereocenters. The van der Waals surface area contributed by atoms with Crippen molar-refractivity contribution in [2.24, 2.45) is 0 Å². The monoisotopic (exact) mass is 498 g/mol. The van der Waals surface area contributed by atoms with E-state index in [-0.39, 0.29) is 35.7 Å². The van der Waals surface area contributed by atoms with Crippen LogP contribution < -0.4 is 10.1 Å². The van der Waals surface area contributed by atoms with Gasteiger partial charge in [-0.15, -0.1) is 11.8 Å². The Hall–Kier alpha value is -2.81. The van der Waals surface area contributed by atoms with Crippen LogP contribution in [0.5, 0.6) is 5.75 Å². The summed E-state index contributed by atoms with van der Waals surface area (Å²) < 4.78 is 33.9. The Balaban J connectivity index is 1.87. The first-order valence-electron chi connectivity index (χ1n) is 10.9. The minimum Gasteiger partial charge on any atom is -0.495 e. The molecule has 1 amide bonds. The molecule has 6 nitrogen and oxygen atoms in total. The number of methoxy groups -OCH3 is 1. The third-order valence-corrected chi connectivity index (χ3v) is 8.01. The van der Waals surface area contributed by atoms with Gasteiger partial charge in [0.15, 0.2) is 0 Å². The van der Waals surface area contributed by atoms with Gasteiger partial charge in [-0.2, -0.15) is 4.31 Å². The largest absolute Gasteiger partial charge is 0.495 e. The van der Waals surface area contributed by atoms with Crippen LogP contribution in [0.1, 0.15) is 29.7 Å². The molecule has 3 aromatic carbocycles. The molecular weight excluding hydrogens is 468 g/mol. The Kier molecular flexibility index (Phi) is 8.77. The maximum absolute atomic E-state index is 13.7. The van der Waals surface area contributed by atoms with Crippen LogP contribution in [0.4, 0.5) is 0 Å². The summed E-state index contributed by atoms with van der Waals surface area (Å²) in [6.45, 7) is 3.44. The number of rotatable bonds is 10. The van der Waals surface area contributed by atoms with E-state index >= 15 is 0 Å². The van der Waals surface area contributed by atoms with Crippen molar-refractivity contribution in [2.75, 3.05) is 19.9 Å². The zero-order chi connectivity index (χ0) is 24.7. The number of carbonyl (C=O) groups is 1. The van der Waals surface area contributed by atoms with Gasteiger partial charge in [-0.05, 0) is 61.1 Å². The molecule has 0 aliphatic rings. The van der Waals surface area contributed by atoms with E-state index in [4.69, 9.17) is 4.74 Å². The molecule has 180 valence electrons. The second kappa shape index (κ2) is 11.6. The third kappa shape index (κ3) is 6.40. The maximum atomic E-state index is 13.7. The van der Waals surface area contributed by atoms with Gasteiger partial charge >= 0.3 is 0 Å². The van der Waals surface area contributed by atoms with Crippen molar-refractivity contribution >= 4 is 27.7 Å². The van der Waals surface area contributed by atoms with E-state index in [0.29, 0.717) is 0 Å². The van der Waals surface area contributed by atoms with Crippen molar-refractivity contribution in [3.05, 3.63) is 89.5 Å². The van der Waals surface area contributed by atoms with Crippen LogP contribution in [0.3, 0.4) is 0 Å². The lowest BCUT2D eigenvalue weighted by Gasteiger charge is -2.24. The zero-order valence-electron chi connectivity index (χ0n) is 19.8. The van der Waals surface area contributed by atoms with Gasteiger partial charge in [0, 0.05) is 11.4 Å². The fourth-order valence-electron chi connectivity index (χ4n) is 3.56. The minimum absolute atomic E-state index is 0.0411. The molecule has 0 radical (unpaired) electrons. The first-order chi connectivity index (χ1) is 16.2. The summed E-state index contributed by atoms with van der Waals surface area (Å²) in [5.74, 6) is -0.140. The summed E-state index contributed by atoms with van der Waals surface area (Å²) in [5.41, 5.74) is 2.51. The van der Waals surface area contributed by atoms with Gasteiger partial charge in [-0.25, -0.2) is 8.42 Å². The Morgan fingerprint density at radius 3 is 2.35 bits per heavy atom. The number of sulfonamides is 1. The molecule has 0 unspecified atom stereocenters. The number of nitrogens with zero attached hydrogens (tertiary/aromatic N) is 1. The molecule has 0 aliphatic carbocycles. The number of ether oxygens (including phenoxy) is 1. The topological polar surface area (TPSA) is 75.7 Å². The Bertz CT molecular complexity index is 1210. The number of amides is 1. The van der Waals surface area contributed by atoms with E-state index < -0.39 is 10.0 Å². The van der Waals surface area contributed by atoms with Crippen molar-refractivity contribution in [1.29, 1.82) is 0 Å². The zero-order valence-corrected chi connectivity index (χ0v) is 21.4. The first-order valence-corrected chi connectivity index (χ1v) is 13.5. The normalized spacial score (nSPS) is 12.4. The summed E-state index contributed by atoms with van der Waals surface area (Å²) in [7, 11) is -2.59. The van der Waals surface area contributed by atoms with Crippen molar-refractivity contribution in [1.82, 2.24) is 9.62 Å². The number of carbonyl (C=O) groups excluding carboxylic acids is 1. The van der Waals surface area contributed by atoms with Crippen molar-refractivity contribution in [3.8, 4) is 5.75 Å². The fourth-order valence-corrected chi connectivity index (χ4v) is 5.59. The van der Waals surface area contributed by atoms with Crippen LogP contribution in [0, 0.1) is 6.92 Å². The molecule has 3 rings (SSSR count). The SMILES string of the molecule is COc1ccc(C)cc1S(=O)(=O)N(CC(=O)N[C@H](C)c1ccc(SC)cc1)Cc1ccccc1. The van der Waals surface area contributed by atoms with E-state index in [0.717, 1.165) is 21.6 Å². The van der Waals surface area contributed by atoms with E-state index in [1.165, 1.54) is 11.4 Å². The van der Waals surface area contributed by atoms with Gasteiger partial charge in [0.25, 0.3) is 0 Å². The second-order valence-corrected chi connectivity index (χ2v) is 10.8. The molecule has 0 aliphatic heterocycles. The number of hydrogen-bond acceptors (Lipinski definition) is 5. The second-order valence-electron chi connectivity index (χ2n) is 7.98. The van der Waals surface area contributed by atoms with Crippen LogP contribution in [0.25, 0.3) is 0 Å². The minimum atomic E-state index is -4.02. The van der Waals surface area contributed by atoms with Gasteiger partial charge < -0.3 is 10.1 Å². The lowest BCUT2D eigenvalue weighted by Crippen LogP contribution is -2.41. The standard InChI is InChI=1S/C26H30N2O4S2/c1-19-10-15-24(32-3)25(16-19)34(30,31)28(17-21-8-6-5-7-9-21)18-26(29)27-20(2)22-11-13-23(33-4)14-12-22/h5-16,20H,17-18H2,1-4H3,(H,27,29)/t20-/m1/s1. The molecule has 0 saturated carbocycles. The smallest absolute Gasteiger partial charge is 0.247 e. The molecule has 0 bridgehead atoms. The molecule has 0 spiro atoms. The molecule has 0 saturated heterocycles. The number of aryl methyl sites for hydroxylation is 1. The summed E-state index contributed by atoms with van der Waals surface area (Å²) in [5, 5.41) is 2.93. The third-order valence-electron chi connectivity index (χ3n) is 5.45. The Labute approximate surface area is 206 Å². The molecule has 0 fully saturated rings. The van der Waals surface area contributed by atoms with Gasteiger partial charge in [-0.1, -0.05) is 48.5 Å². The summed E-state index contributed by atoms with van der Waals surface area (Å²) in [6, 6.07) is 21.9. The summed E-state index contributed by atoms with van der Waals surface area (Å²) >= 11 is 1.65. The molecule has 1 N–H and O–H groups in total. The van der Waals surface area contributed by atoms with Crippen LogP contribution >= 0.6 is 11.8 Å². The summed E-state index contributed by atoms with van der Waals surface area (Å²) in [6.07, 6.45) is 2.01. The van der Waals surface area contributed by atoms with Crippen LogP contribution in [-0.2, 0) is 21.4 Å². The molecule has 0 heterocycles. The highest BCUT2D eigenvalue weighted by Gasteiger charge is 2.30. The fraction of sp³-hybridized carbons (Fsp3) is 0.269. The quantitative estimate of drug-likeness (QED) is 0.407. The lowest BCUT2D eigenvalue weighted by atomic mass is 10.1. The molecule has 0 aromatic heterocycles. The van der Waals surface area contributed by atoms with Crippen molar-refractivity contribution in [2.45, 2.75) is 36.2 Å². The number of nitrogens with one attached hydrogen (secondary N) is 1. The highest BCUT2D eigenvalue weighted by molar-refractivity contribution is 7.98. The predicted molar refractivity (Wildman–Crippen MR) is 137 cm³/mol. The van der Waals surface area contributed by atoms with Gasteiger partial charge in [0.05, 0.1) is 19.7 Å². The highest BCUT2D eigenvalue weighted by atomic mass is 32.2. The Morgan fingerprint density at radius 2 is 1.74 bits per heavy atom.